The van der Waals surface area contributed by atoms with Gasteiger partial charge in [-0.2, -0.15) is 0 Å². The molecule has 2 N–H and O–H groups in total. The molecule has 0 fully saturated rings. The first kappa shape index (κ1) is 9.06. The fourth-order valence-electron chi connectivity index (χ4n) is 0.885. The van der Waals surface area contributed by atoms with Gasteiger partial charge in [0.1, 0.15) is 16.7 Å². The van der Waals surface area contributed by atoms with Crippen molar-refractivity contribution in [3.05, 3.63) is 23.8 Å². The van der Waals surface area contributed by atoms with Gasteiger partial charge in [0.2, 0.25) is 0 Å². The zero-order chi connectivity index (χ0) is 9.14. The zero-order valence-electron chi connectivity index (χ0n) is 7.00. The van der Waals surface area contributed by atoms with Crippen LogP contribution in [0.15, 0.2) is 18.2 Å². The van der Waals surface area contributed by atoms with Gasteiger partial charge in [-0.05, 0) is 30.7 Å². The topological polar surface area (TPSA) is 49.3 Å². The lowest BCUT2D eigenvalue weighted by Crippen LogP contribution is -2.00. The van der Waals surface area contributed by atoms with Gasteiger partial charge in [0.15, 0.2) is 0 Å². The molecule has 1 aromatic rings. The summed E-state index contributed by atoms with van der Waals surface area (Å²) in [6, 6.07) is 5.00. The van der Waals surface area contributed by atoms with E-state index in [1.165, 1.54) is 0 Å². The van der Waals surface area contributed by atoms with E-state index < -0.39 is 11.0 Å². The van der Waals surface area contributed by atoms with Gasteiger partial charge in [0.25, 0.3) is 0 Å². The van der Waals surface area contributed by atoms with Crippen LogP contribution < -0.4 is 4.72 Å². The van der Waals surface area contributed by atoms with E-state index in [1.54, 1.807) is 31.4 Å². The van der Waals surface area contributed by atoms with E-state index in [0.29, 0.717) is 0 Å². The molecule has 0 heterocycles. The molecule has 4 heteroatoms. The summed E-state index contributed by atoms with van der Waals surface area (Å²) in [6.07, 6.45) is 1.56. The lowest BCUT2D eigenvalue weighted by atomic mass is 10.2. The normalized spacial score (nSPS) is 12.5. The average molecular weight is 185 g/mol. The van der Waals surface area contributed by atoms with Gasteiger partial charge in [0.05, 0.1) is 0 Å². The molecule has 0 saturated carbocycles. The third-order valence-electron chi connectivity index (χ3n) is 1.46. The van der Waals surface area contributed by atoms with E-state index in [2.05, 4.69) is 4.72 Å². The number of anilines is 1. The van der Waals surface area contributed by atoms with Crippen LogP contribution in [-0.2, 0) is 11.0 Å². The summed E-state index contributed by atoms with van der Waals surface area (Å²) in [7, 11) is -1.06. The molecule has 0 amide bonds. The molecule has 0 aliphatic heterocycles. The predicted octanol–water partition coefficient (Wildman–Crippen LogP) is 1.41. The standard InChI is InChI=1S/C8H11NO2S/c1-6-5-7(9-12(2)11)3-4-8(6)10/h3-5,9-10H,1-2H3. The lowest BCUT2D eigenvalue weighted by molar-refractivity contribution is 0.471. The highest BCUT2D eigenvalue weighted by atomic mass is 32.2. The van der Waals surface area contributed by atoms with Gasteiger partial charge in [0, 0.05) is 11.9 Å². The van der Waals surface area contributed by atoms with Crippen molar-refractivity contribution in [2.24, 2.45) is 0 Å². The van der Waals surface area contributed by atoms with Crippen molar-refractivity contribution in [1.82, 2.24) is 0 Å². The van der Waals surface area contributed by atoms with Crippen molar-refractivity contribution in [3.63, 3.8) is 0 Å². The first-order chi connectivity index (χ1) is 5.59. The van der Waals surface area contributed by atoms with Gasteiger partial charge in [-0.25, -0.2) is 4.21 Å². The maximum absolute atomic E-state index is 10.7. The summed E-state index contributed by atoms with van der Waals surface area (Å²) in [6.45, 7) is 1.79. The molecule has 1 unspecified atom stereocenters. The van der Waals surface area contributed by atoms with E-state index >= 15 is 0 Å². The third kappa shape index (κ3) is 2.23. The van der Waals surface area contributed by atoms with Gasteiger partial charge in [-0.15, -0.1) is 0 Å². The molecule has 66 valence electrons. The molecule has 1 rings (SSSR count). The molecule has 0 bridgehead atoms. The van der Waals surface area contributed by atoms with Crippen LogP contribution in [0.5, 0.6) is 5.75 Å². The van der Waals surface area contributed by atoms with Crippen molar-refractivity contribution in [3.8, 4) is 5.75 Å². The smallest absolute Gasteiger partial charge is 0.118 e. The Morgan fingerprint density at radius 3 is 2.67 bits per heavy atom. The van der Waals surface area contributed by atoms with Gasteiger partial charge >= 0.3 is 0 Å². The van der Waals surface area contributed by atoms with E-state index in [1.807, 2.05) is 0 Å². The summed E-state index contributed by atoms with van der Waals surface area (Å²) >= 11 is 0. The minimum Gasteiger partial charge on any atom is -0.508 e. The molecule has 12 heavy (non-hydrogen) atoms. The van der Waals surface area contributed by atoms with E-state index in [4.69, 9.17) is 0 Å². The van der Waals surface area contributed by atoms with Crippen LogP contribution in [0, 0.1) is 6.92 Å². The van der Waals surface area contributed by atoms with Crippen molar-refractivity contribution >= 4 is 16.7 Å². The number of phenolic OH excluding ortho intramolecular Hbond substituents is 1. The van der Waals surface area contributed by atoms with Crippen molar-refractivity contribution < 1.29 is 9.32 Å². The molecule has 1 atom stereocenters. The van der Waals surface area contributed by atoms with Gasteiger partial charge < -0.3 is 9.83 Å². The minimum absolute atomic E-state index is 0.252. The number of benzene rings is 1. The van der Waals surface area contributed by atoms with Crippen LogP contribution in [0.4, 0.5) is 5.69 Å². The van der Waals surface area contributed by atoms with Crippen molar-refractivity contribution in [2.75, 3.05) is 11.0 Å². The highest BCUT2D eigenvalue weighted by Crippen LogP contribution is 2.19. The minimum atomic E-state index is -1.06. The van der Waals surface area contributed by atoms with Crippen LogP contribution in [0.3, 0.4) is 0 Å². The van der Waals surface area contributed by atoms with E-state index in [-0.39, 0.29) is 5.75 Å². The molecule has 1 aromatic carbocycles. The fraction of sp³-hybridized carbons (Fsp3) is 0.250. The van der Waals surface area contributed by atoms with Crippen LogP contribution in [0.25, 0.3) is 0 Å². The van der Waals surface area contributed by atoms with Crippen LogP contribution in [-0.4, -0.2) is 15.6 Å². The summed E-state index contributed by atoms with van der Waals surface area (Å²) in [5.74, 6) is 0.252. The van der Waals surface area contributed by atoms with Crippen LogP contribution >= 0.6 is 0 Å². The molecule has 0 aliphatic carbocycles. The number of hydrogen-bond donors (Lipinski definition) is 2. The second-order valence-corrected chi connectivity index (χ2v) is 3.67. The van der Waals surface area contributed by atoms with Crippen LogP contribution in [0.2, 0.25) is 0 Å². The van der Waals surface area contributed by atoms with Gasteiger partial charge in [-0.1, -0.05) is 0 Å². The maximum Gasteiger partial charge on any atom is 0.118 e. The Hall–Kier alpha value is -1.03. The first-order valence-electron chi connectivity index (χ1n) is 3.49. The highest BCUT2D eigenvalue weighted by molar-refractivity contribution is 7.85. The average Bonchev–Trinajstić information content (AvgIpc) is 1.96. The maximum atomic E-state index is 10.7. The number of aryl methyl sites for hydroxylation is 1. The van der Waals surface area contributed by atoms with E-state index in [9.17, 15) is 9.32 Å². The largest absolute Gasteiger partial charge is 0.508 e. The van der Waals surface area contributed by atoms with Crippen molar-refractivity contribution in [1.29, 1.82) is 0 Å². The molecule has 3 nitrogen and oxygen atoms in total. The Kier molecular flexibility index (Phi) is 2.70. The quantitative estimate of drug-likeness (QED) is 0.684. The Balaban J connectivity index is 2.89. The first-order valence-corrected chi connectivity index (χ1v) is 5.05. The lowest BCUT2D eigenvalue weighted by Gasteiger charge is -2.04. The molecular formula is C8H11NO2S. The summed E-state index contributed by atoms with van der Waals surface area (Å²) in [5, 5.41) is 9.17. The second-order valence-electron chi connectivity index (χ2n) is 2.56. The number of nitrogens with one attached hydrogen (secondary N) is 1. The number of phenols is 1. The monoisotopic (exact) mass is 185 g/mol. The number of aromatic hydroxyl groups is 1. The summed E-state index contributed by atoms with van der Waals surface area (Å²) < 4.78 is 13.5. The number of hydrogen-bond acceptors (Lipinski definition) is 2. The summed E-state index contributed by atoms with van der Waals surface area (Å²) in [4.78, 5) is 0. The third-order valence-corrected chi connectivity index (χ3v) is 1.98. The molecule has 0 spiro atoms. The Bertz CT molecular complexity index is 312. The SMILES string of the molecule is Cc1cc(NS(C)=O)ccc1O. The Labute approximate surface area is 74.0 Å². The predicted molar refractivity (Wildman–Crippen MR) is 50.5 cm³/mol. The van der Waals surface area contributed by atoms with Crippen LogP contribution in [0.1, 0.15) is 5.56 Å². The zero-order valence-corrected chi connectivity index (χ0v) is 7.81. The second kappa shape index (κ2) is 3.58. The molecule has 0 saturated heterocycles. The molecule has 0 radical (unpaired) electrons. The fourth-order valence-corrected chi connectivity index (χ4v) is 1.34. The Morgan fingerprint density at radius 2 is 2.17 bits per heavy atom. The summed E-state index contributed by atoms with van der Waals surface area (Å²) in [5.41, 5.74) is 1.52. The number of rotatable bonds is 2. The molecular weight excluding hydrogens is 174 g/mol. The highest BCUT2D eigenvalue weighted by Gasteiger charge is 1.97. The molecule has 0 aromatic heterocycles. The molecule has 0 aliphatic rings. The van der Waals surface area contributed by atoms with E-state index in [0.717, 1.165) is 11.3 Å². The van der Waals surface area contributed by atoms with Crippen molar-refractivity contribution in [2.45, 2.75) is 6.92 Å². The Morgan fingerprint density at radius 1 is 1.50 bits per heavy atom. The van der Waals surface area contributed by atoms with Gasteiger partial charge in [-0.3, -0.25) is 0 Å².